The molecule has 2 aromatic heterocycles. The molecule has 0 aliphatic heterocycles. The molecular formula is C18H14N6O. The average Bonchev–Trinajstić information content (AvgIpc) is 2.67. The zero-order valence-electron chi connectivity index (χ0n) is 13.2. The Kier molecular flexibility index (Phi) is 4.93. The Morgan fingerprint density at radius 1 is 1.12 bits per heavy atom. The van der Waals surface area contributed by atoms with Gasteiger partial charge in [0.25, 0.3) is 5.91 Å². The molecule has 0 atom stereocenters. The quantitative estimate of drug-likeness (QED) is 0.744. The fourth-order valence-electron chi connectivity index (χ4n) is 2.13. The summed E-state index contributed by atoms with van der Waals surface area (Å²) in [6, 6.07) is 14.3. The summed E-state index contributed by atoms with van der Waals surface area (Å²) in [6.45, 7) is 0.358. The van der Waals surface area contributed by atoms with Crippen LogP contribution in [0.25, 0.3) is 0 Å². The zero-order chi connectivity index (χ0) is 17.5. The molecule has 7 nitrogen and oxygen atoms in total. The fourth-order valence-corrected chi connectivity index (χ4v) is 2.13. The Balaban J connectivity index is 1.71. The van der Waals surface area contributed by atoms with Crippen molar-refractivity contribution in [2.24, 2.45) is 0 Å². The predicted octanol–water partition coefficient (Wildman–Crippen LogP) is 2.42. The van der Waals surface area contributed by atoms with E-state index in [0.717, 1.165) is 5.56 Å². The van der Waals surface area contributed by atoms with Crippen molar-refractivity contribution in [2.45, 2.75) is 6.54 Å². The van der Waals surface area contributed by atoms with Gasteiger partial charge in [-0.25, -0.2) is 9.97 Å². The Morgan fingerprint density at radius 2 is 2.00 bits per heavy atom. The highest BCUT2D eigenvalue weighted by Gasteiger charge is 2.10. The molecule has 0 unspecified atom stereocenters. The van der Waals surface area contributed by atoms with E-state index in [-0.39, 0.29) is 17.5 Å². The molecule has 1 aromatic carbocycles. The number of benzene rings is 1. The summed E-state index contributed by atoms with van der Waals surface area (Å²) in [5.41, 5.74) is 2.18. The van der Waals surface area contributed by atoms with Gasteiger partial charge in [-0.2, -0.15) is 5.26 Å². The Bertz CT molecular complexity index is 920. The molecule has 0 aliphatic rings. The Morgan fingerprint density at radius 3 is 2.80 bits per heavy atom. The van der Waals surface area contributed by atoms with E-state index in [1.54, 1.807) is 42.7 Å². The smallest absolute Gasteiger partial charge is 0.270 e. The molecule has 0 radical (unpaired) electrons. The lowest BCUT2D eigenvalue weighted by Gasteiger charge is -2.08. The van der Waals surface area contributed by atoms with E-state index in [2.05, 4.69) is 31.7 Å². The number of nitrogens with one attached hydrogen (secondary N) is 2. The van der Waals surface area contributed by atoms with Crippen LogP contribution in [-0.2, 0) is 6.54 Å². The van der Waals surface area contributed by atoms with E-state index in [9.17, 15) is 4.79 Å². The van der Waals surface area contributed by atoms with Crippen LogP contribution in [0.15, 0.2) is 61.1 Å². The molecule has 1 amide bonds. The van der Waals surface area contributed by atoms with E-state index in [0.29, 0.717) is 17.8 Å². The number of nitrogens with zero attached hydrogens (tertiary/aromatic N) is 4. The van der Waals surface area contributed by atoms with Gasteiger partial charge >= 0.3 is 0 Å². The molecule has 0 bridgehead atoms. The minimum atomic E-state index is -0.317. The summed E-state index contributed by atoms with van der Waals surface area (Å²) < 4.78 is 0. The van der Waals surface area contributed by atoms with Gasteiger partial charge in [0.15, 0.2) is 0 Å². The Hall–Kier alpha value is -3.79. The van der Waals surface area contributed by atoms with Gasteiger partial charge in [0.05, 0.1) is 11.3 Å². The van der Waals surface area contributed by atoms with Crippen LogP contribution in [0.1, 0.15) is 21.6 Å². The van der Waals surface area contributed by atoms with Crippen LogP contribution >= 0.6 is 0 Å². The van der Waals surface area contributed by atoms with Crippen LogP contribution in [0.4, 0.5) is 11.6 Å². The van der Waals surface area contributed by atoms with Crippen molar-refractivity contribution < 1.29 is 4.79 Å². The second-order valence-corrected chi connectivity index (χ2v) is 5.09. The maximum atomic E-state index is 12.2. The van der Waals surface area contributed by atoms with E-state index >= 15 is 0 Å². The predicted molar refractivity (Wildman–Crippen MR) is 91.9 cm³/mol. The summed E-state index contributed by atoms with van der Waals surface area (Å²) in [4.78, 5) is 24.5. The number of anilines is 2. The molecule has 0 saturated carbocycles. The number of amides is 1. The third-order valence-corrected chi connectivity index (χ3v) is 3.36. The van der Waals surface area contributed by atoms with Gasteiger partial charge in [-0.05, 0) is 29.8 Å². The van der Waals surface area contributed by atoms with Gasteiger partial charge in [0, 0.05) is 25.1 Å². The molecule has 3 rings (SSSR count). The van der Waals surface area contributed by atoms with Crippen LogP contribution in [0.2, 0.25) is 0 Å². The van der Waals surface area contributed by atoms with Crippen LogP contribution in [0.5, 0.6) is 0 Å². The first-order valence-corrected chi connectivity index (χ1v) is 7.52. The summed E-state index contributed by atoms with van der Waals surface area (Å²) in [7, 11) is 0. The molecule has 25 heavy (non-hydrogen) atoms. The summed E-state index contributed by atoms with van der Waals surface area (Å²) in [5, 5.41) is 14.9. The topological polar surface area (TPSA) is 104 Å². The standard InChI is InChI=1S/C18H14N6O/c19-10-14-5-1-2-6-15(14)23-18-21-9-7-16(24-18)17(25)22-12-13-4-3-8-20-11-13/h1-9,11H,12H2,(H,22,25)(H,21,23,24). The molecule has 122 valence electrons. The number of nitriles is 1. The SMILES string of the molecule is N#Cc1ccccc1Nc1nccc(C(=O)NCc2cccnc2)n1. The molecule has 7 heteroatoms. The van der Waals surface area contributed by atoms with E-state index in [4.69, 9.17) is 5.26 Å². The maximum Gasteiger partial charge on any atom is 0.270 e. The normalized spacial score (nSPS) is 9.88. The van der Waals surface area contributed by atoms with Crippen LogP contribution < -0.4 is 10.6 Å². The van der Waals surface area contributed by atoms with E-state index < -0.39 is 0 Å². The zero-order valence-corrected chi connectivity index (χ0v) is 13.2. The minimum absolute atomic E-state index is 0.232. The number of hydrogen-bond acceptors (Lipinski definition) is 6. The number of aromatic nitrogens is 3. The van der Waals surface area contributed by atoms with Crippen molar-refractivity contribution in [2.75, 3.05) is 5.32 Å². The van der Waals surface area contributed by atoms with Gasteiger partial charge in [0.2, 0.25) is 5.95 Å². The average molecular weight is 330 g/mol. The first-order valence-electron chi connectivity index (χ1n) is 7.52. The van der Waals surface area contributed by atoms with Gasteiger partial charge in [0.1, 0.15) is 11.8 Å². The van der Waals surface area contributed by atoms with Crippen LogP contribution in [0, 0.1) is 11.3 Å². The highest BCUT2D eigenvalue weighted by Crippen LogP contribution is 2.17. The minimum Gasteiger partial charge on any atom is -0.347 e. The van der Waals surface area contributed by atoms with Gasteiger partial charge in [-0.3, -0.25) is 9.78 Å². The summed E-state index contributed by atoms with van der Waals surface area (Å²) in [6.07, 6.45) is 4.85. The monoisotopic (exact) mass is 330 g/mol. The van der Waals surface area contributed by atoms with Gasteiger partial charge in [-0.1, -0.05) is 18.2 Å². The molecule has 2 N–H and O–H groups in total. The number of para-hydroxylation sites is 1. The van der Waals surface area contributed by atoms with E-state index in [1.165, 1.54) is 12.3 Å². The first-order chi connectivity index (χ1) is 12.3. The molecule has 0 fully saturated rings. The molecule has 2 heterocycles. The van der Waals surface area contributed by atoms with Gasteiger partial charge < -0.3 is 10.6 Å². The molecule has 0 aliphatic carbocycles. The van der Waals surface area contributed by atoms with Crippen molar-refractivity contribution in [1.29, 1.82) is 5.26 Å². The third-order valence-electron chi connectivity index (χ3n) is 3.36. The summed E-state index contributed by atoms with van der Waals surface area (Å²) in [5.74, 6) is -0.0698. The number of carbonyl (C=O) groups excluding carboxylic acids is 1. The molecule has 0 saturated heterocycles. The van der Waals surface area contributed by atoms with Crippen molar-refractivity contribution in [3.05, 3.63) is 77.9 Å². The highest BCUT2D eigenvalue weighted by atomic mass is 16.1. The molecule has 3 aromatic rings. The molecule has 0 spiro atoms. The third kappa shape index (κ3) is 4.14. The second-order valence-electron chi connectivity index (χ2n) is 5.09. The number of pyridine rings is 1. The maximum absolute atomic E-state index is 12.2. The lowest BCUT2D eigenvalue weighted by Crippen LogP contribution is -2.24. The number of rotatable bonds is 5. The number of carbonyl (C=O) groups is 1. The molecular weight excluding hydrogens is 316 g/mol. The van der Waals surface area contributed by atoms with Crippen LogP contribution in [0.3, 0.4) is 0 Å². The van der Waals surface area contributed by atoms with Crippen molar-refractivity contribution in [3.63, 3.8) is 0 Å². The van der Waals surface area contributed by atoms with Gasteiger partial charge in [-0.15, -0.1) is 0 Å². The van der Waals surface area contributed by atoms with Crippen LogP contribution in [-0.4, -0.2) is 20.9 Å². The first kappa shape index (κ1) is 16.1. The fraction of sp³-hybridized carbons (Fsp3) is 0.0556. The van der Waals surface area contributed by atoms with Crippen molar-refractivity contribution >= 4 is 17.5 Å². The van der Waals surface area contributed by atoms with E-state index in [1.807, 2.05) is 6.07 Å². The second kappa shape index (κ2) is 7.66. The highest BCUT2D eigenvalue weighted by molar-refractivity contribution is 5.92. The number of hydrogen-bond donors (Lipinski definition) is 2. The largest absolute Gasteiger partial charge is 0.347 e. The summed E-state index contributed by atoms with van der Waals surface area (Å²) >= 11 is 0. The van der Waals surface area contributed by atoms with Crippen molar-refractivity contribution in [3.8, 4) is 6.07 Å². The van der Waals surface area contributed by atoms with Crippen molar-refractivity contribution in [1.82, 2.24) is 20.3 Å². The lowest BCUT2D eigenvalue weighted by molar-refractivity contribution is 0.0946. The Labute approximate surface area is 144 Å². The lowest BCUT2D eigenvalue weighted by atomic mass is 10.2.